The van der Waals surface area contributed by atoms with Crippen molar-refractivity contribution in [1.82, 2.24) is 5.32 Å². The second kappa shape index (κ2) is 6.75. The van der Waals surface area contributed by atoms with E-state index >= 15 is 0 Å². The van der Waals surface area contributed by atoms with Crippen LogP contribution in [0, 0.1) is 11.7 Å². The molecule has 0 aliphatic rings. The molecular formula is C13H18FNO2S. The molecule has 1 aromatic rings. The average Bonchev–Trinajstić information content (AvgIpc) is 2.35. The summed E-state index contributed by atoms with van der Waals surface area (Å²) in [4.78, 5) is 12.2. The molecule has 3 nitrogen and oxygen atoms in total. The van der Waals surface area contributed by atoms with Crippen LogP contribution in [-0.2, 0) is 0 Å². The van der Waals surface area contributed by atoms with E-state index < -0.39 is 6.10 Å². The Morgan fingerprint density at radius 3 is 2.72 bits per heavy atom. The highest BCUT2D eigenvalue weighted by atomic mass is 32.2. The molecular weight excluding hydrogens is 253 g/mol. The maximum atomic E-state index is 13.3. The second-order valence-electron chi connectivity index (χ2n) is 4.37. The highest BCUT2D eigenvalue weighted by Crippen LogP contribution is 2.20. The van der Waals surface area contributed by atoms with E-state index in [0.717, 1.165) is 0 Å². The minimum Gasteiger partial charge on any atom is -0.391 e. The van der Waals surface area contributed by atoms with E-state index in [1.807, 2.05) is 13.8 Å². The lowest BCUT2D eigenvalue weighted by Crippen LogP contribution is -2.34. The van der Waals surface area contributed by atoms with Crippen molar-refractivity contribution in [2.24, 2.45) is 5.92 Å². The lowest BCUT2D eigenvalue weighted by atomic mass is 10.1. The van der Waals surface area contributed by atoms with Gasteiger partial charge in [-0.1, -0.05) is 13.8 Å². The molecule has 0 aromatic heterocycles. The summed E-state index contributed by atoms with van der Waals surface area (Å²) in [5.74, 6) is -0.549. The number of rotatable bonds is 5. The molecule has 0 fully saturated rings. The third-order valence-electron chi connectivity index (χ3n) is 2.65. The van der Waals surface area contributed by atoms with Gasteiger partial charge < -0.3 is 10.4 Å². The van der Waals surface area contributed by atoms with Gasteiger partial charge in [-0.25, -0.2) is 4.39 Å². The minimum atomic E-state index is -0.575. The maximum Gasteiger partial charge on any atom is 0.251 e. The first kappa shape index (κ1) is 15.0. The number of thioether (sulfide) groups is 1. The number of carbonyl (C=O) groups excluding carboxylic acids is 1. The predicted molar refractivity (Wildman–Crippen MR) is 71.4 cm³/mol. The van der Waals surface area contributed by atoms with E-state index in [4.69, 9.17) is 0 Å². The van der Waals surface area contributed by atoms with Crippen molar-refractivity contribution in [3.8, 4) is 0 Å². The summed E-state index contributed by atoms with van der Waals surface area (Å²) < 4.78 is 13.3. The van der Waals surface area contributed by atoms with Crippen LogP contribution in [0.4, 0.5) is 4.39 Å². The van der Waals surface area contributed by atoms with Gasteiger partial charge in [-0.15, -0.1) is 11.8 Å². The van der Waals surface area contributed by atoms with Gasteiger partial charge in [0.2, 0.25) is 0 Å². The first-order valence-electron chi connectivity index (χ1n) is 5.75. The first-order chi connectivity index (χ1) is 8.45. The quantitative estimate of drug-likeness (QED) is 0.808. The van der Waals surface area contributed by atoms with Gasteiger partial charge in [0.05, 0.1) is 6.10 Å². The van der Waals surface area contributed by atoms with Gasteiger partial charge in [-0.05, 0) is 30.4 Å². The Bertz CT molecular complexity index is 423. The first-order valence-corrected chi connectivity index (χ1v) is 6.98. The number of nitrogens with one attached hydrogen (secondary N) is 1. The Kier molecular flexibility index (Phi) is 5.62. The zero-order valence-corrected chi connectivity index (χ0v) is 11.6. The SMILES string of the molecule is CSc1cc(C(=O)NCC(O)C(C)C)ccc1F. The summed E-state index contributed by atoms with van der Waals surface area (Å²) in [6.45, 7) is 3.95. The maximum absolute atomic E-state index is 13.3. The molecule has 1 aromatic carbocycles. The van der Waals surface area contributed by atoms with Gasteiger partial charge in [-0.3, -0.25) is 4.79 Å². The van der Waals surface area contributed by atoms with Crippen LogP contribution in [0.25, 0.3) is 0 Å². The Balaban J connectivity index is 2.67. The summed E-state index contributed by atoms with van der Waals surface area (Å²) in [5, 5.41) is 12.2. The van der Waals surface area contributed by atoms with E-state index in [1.165, 1.54) is 30.0 Å². The average molecular weight is 271 g/mol. The van der Waals surface area contributed by atoms with Gasteiger partial charge in [-0.2, -0.15) is 0 Å². The number of hydrogen-bond acceptors (Lipinski definition) is 3. The van der Waals surface area contributed by atoms with Crippen LogP contribution in [0.15, 0.2) is 23.1 Å². The lowest BCUT2D eigenvalue weighted by molar-refractivity contribution is 0.0871. The van der Waals surface area contributed by atoms with Gasteiger partial charge in [0, 0.05) is 17.0 Å². The summed E-state index contributed by atoms with van der Waals surface area (Å²) in [5.41, 5.74) is 0.400. The monoisotopic (exact) mass is 271 g/mol. The molecule has 0 heterocycles. The van der Waals surface area contributed by atoms with E-state index in [-0.39, 0.29) is 24.2 Å². The summed E-state index contributed by atoms with van der Waals surface area (Å²) >= 11 is 1.25. The number of aliphatic hydroxyl groups excluding tert-OH is 1. The molecule has 18 heavy (non-hydrogen) atoms. The fourth-order valence-corrected chi connectivity index (χ4v) is 1.84. The van der Waals surface area contributed by atoms with Gasteiger partial charge in [0.15, 0.2) is 0 Å². The van der Waals surface area contributed by atoms with E-state index in [1.54, 1.807) is 6.26 Å². The Hall–Kier alpha value is -1.07. The van der Waals surface area contributed by atoms with Crippen molar-refractivity contribution in [1.29, 1.82) is 0 Å². The van der Waals surface area contributed by atoms with Crippen LogP contribution in [0.2, 0.25) is 0 Å². The van der Waals surface area contributed by atoms with Crippen LogP contribution in [0.1, 0.15) is 24.2 Å². The number of halogens is 1. The van der Waals surface area contributed by atoms with Crippen molar-refractivity contribution in [3.05, 3.63) is 29.6 Å². The van der Waals surface area contributed by atoms with Crippen LogP contribution >= 0.6 is 11.8 Å². The number of hydrogen-bond donors (Lipinski definition) is 2. The van der Waals surface area contributed by atoms with Crippen LogP contribution in [-0.4, -0.2) is 29.9 Å². The zero-order chi connectivity index (χ0) is 13.7. The number of carbonyl (C=O) groups is 1. The summed E-state index contributed by atoms with van der Waals surface area (Å²) in [7, 11) is 0. The molecule has 0 aliphatic heterocycles. The highest BCUT2D eigenvalue weighted by molar-refractivity contribution is 7.98. The Morgan fingerprint density at radius 1 is 1.50 bits per heavy atom. The largest absolute Gasteiger partial charge is 0.391 e. The van der Waals surface area contributed by atoms with Crippen molar-refractivity contribution in [3.63, 3.8) is 0 Å². The van der Waals surface area contributed by atoms with Crippen molar-refractivity contribution < 1.29 is 14.3 Å². The molecule has 1 unspecified atom stereocenters. The van der Waals surface area contributed by atoms with E-state index in [2.05, 4.69) is 5.32 Å². The van der Waals surface area contributed by atoms with Gasteiger partial charge >= 0.3 is 0 Å². The number of amides is 1. The van der Waals surface area contributed by atoms with Crippen LogP contribution in [0.5, 0.6) is 0 Å². The molecule has 1 rings (SSSR count). The standard InChI is InChI=1S/C13H18FNO2S/c1-8(2)11(16)7-15-13(17)9-4-5-10(14)12(6-9)18-3/h4-6,8,11,16H,7H2,1-3H3,(H,15,17). The fraction of sp³-hybridized carbons (Fsp3) is 0.462. The van der Waals surface area contributed by atoms with Gasteiger partial charge in [0.1, 0.15) is 5.82 Å². The zero-order valence-electron chi connectivity index (χ0n) is 10.7. The molecule has 1 amide bonds. The Morgan fingerprint density at radius 2 is 2.17 bits per heavy atom. The van der Waals surface area contributed by atoms with E-state index in [9.17, 15) is 14.3 Å². The molecule has 0 aliphatic carbocycles. The smallest absolute Gasteiger partial charge is 0.251 e. The molecule has 2 N–H and O–H groups in total. The Labute approximate surface area is 111 Å². The third-order valence-corrected chi connectivity index (χ3v) is 3.41. The second-order valence-corrected chi connectivity index (χ2v) is 5.22. The van der Waals surface area contributed by atoms with E-state index in [0.29, 0.717) is 10.5 Å². The highest BCUT2D eigenvalue weighted by Gasteiger charge is 2.13. The van der Waals surface area contributed by atoms with Crippen molar-refractivity contribution in [2.75, 3.05) is 12.8 Å². The molecule has 0 spiro atoms. The van der Waals surface area contributed by atoms with Crippen molar-refractivity contribution >= 4 is 17.7 Å². The molecule has 0 bridgehead atoms. The molecule has 0 saturated heterocycles. The molecule has 5 heteroatoms. The summed E-state index contributed by atoms with van der Waals surface area (Å²) in [6.07, 6.45) is 1.18. The lowest BCUT2D eigenvalue weighted by Gasteiger charge is -2.15. The number of benzene rings is 1. The minimum absolute atomic E-state index is 0.0836. The molecule has 1 atom stereocenters. The molecule has 0 radical (unpaired) electrons. The van der Waals surface area contributed by atoms with Gasteiger partial charge in [0.25, 0.3) is 5.91 Å². The van der Waals surface area contributed by atoms with Crippen molar-refractivity contribution in [2.45, 2.75) is 24.8 Å². The topological polar surface area (TPSA) is 49.3 Å². The molecule has 0 saturated carbocycles. The normalized spacial score (nSPS) is 12.6. The predicted octanol–water partition coefficient (Wildman–Crippen LogP) is 2.29. The molecule has 100 valence electrons. The fourth-order valence-electron chi connectivity index (χ4n) is 1.34. The van der Waals surface area contributed by atoms with Crippen LogP contribution < -0.4 is 5.32 Å². The number of aliphatic hydroxyl groups is 1. The van der Waals surface area contributed by atoms with Crippen LogP contribution in [0.3, 0.4) is 0 Å². The summed E-state index contributed by atoms with van der Waals surface area (Å²) in [6, 6.07) is 4.23. The third kappa shape index (κ3) is 3.99.